The second-order valence-corrected chi connectivity index (χ2v) is 7.53. The maximum Gasteiger partial charge on any atom is 0.282 e. The molecule has 2 fully saturated rings. The minimum absolute atomic E-state index is 0.348. The van der Waals surface area contributed by atoms with Crippen LogP contribution in [0, 0.1) is 0 Å². The smallest absolute Gasteiger partial charge is 0.282 e. The Balaban J connectivity index is 2.19. The van der Waals surface area contributed by atoms with E-state index >= 15 is 0 Å². The zero-order valence-corrected chi connectivity index (χ0v) is 12.1. The number of nitrogens with zero attached hydrogens (tertiary/aromatic N) is 2. The van der Waals surface area contributed by atoms with Gasteiger partial charge in [-0.25, -0.2) is 0 Å². The Morgan fingerprint density at radius 3 is 2.17 bits per heavy atom. The van der Waals surface area contributed by atoms with E-state index < -0.39 is 10.2 Å². The fourth-order valence-corrected chi connectivity index (χ4v) is 5.01. The van der Waals surface area contributed by atoms with Crippen LogP contribution in [0.2, 0.25) is 0 Å². The molecule has 1 heterocycles. The molecule has 1 saturated heterocycles. The summed E-state index contributed by atoms with van der Waals surface area (Å²) < 4.78 is 28.4. The van der Waals surface area contributed by atoms with Gasteiger partial charge in [0.25, 0.3) is 10.2 Å². The molecule has 0 atom stereocenters. The molecule has 0 bridgehead atoms. The highest BCUT2D eigenvalue weighted by atomic mass is 32.2. The van der Waals surface area contributed by atoms with Gasteiger partial charge in [0.1, 0.15) is 0 Å². The van der Waals surface area contributed by atoms with Crippen LogP contribution in [0.3, 0.4) is 0 Å². The lowest BCUT2D eigenvalue weighted by Crippen LogP contribution is -2.58. The molecule has 2 N–H and O–H groups in total. The fraction of sp³-hybridized carbons (Fsp3) is 1.00. The van der Waals surface area contributed by atoms with Gasteiger partial charge in [0.05, 0.1) is 0 Å². The molecule has 1 saturated carbocycles. The molecule has 0 spiro atoms. The molecule has 2 aliphatic rings. The van der Waals surface area contributed by atoms with Gasteiger partial charge in [-0.05, 0) is 25.7 Å². The van der Waals surface area contributed by atoms with Gasteiger partial charge in [-0.3, -0.25) is 0 Å². The molecule has 0 unspecified atom stereocenters. The predicted molar refractivity (Wildman–Crippen MR) is 72.4 cm³/mol. The Morgan fingerprint density at radius 2 is 1.67 bits per heavy atom. The van der Waals surface area contributed by atoms with Crippen molar-refractivity contribution in [1.29, 1.82) is 0 Å². The lowest BCUT2D eigenvalue weighted by Gasteiger charge is -2.44. The van der Waals surface area contributed by atoms with Crippen molar-refractivity contribution in [3.8, 4) is 0 Å². The van der Waals surface area contributed by atoms with Gasteiger partial charge in [0.15, 0.2) is 0 Å². The topological polar surface area (TPSA) is 66.6 Å². The summed E-state index contributed by atoms with van der Waals surface area (Å²) in [7, 11) is -1.61. The van der Waals surface area contributed by atoms with Crippen LogP contribution in [-0.4, -0.2) is 49.2 Å². The van der Waals surface area contributed by atoms with Crippen molar-refractivity contribution in [2.75, 3.05) is 26.7 Å². The Bertz CT molecular complexity index is 371. The zero-order chi connectivity index (χ0) is 13.2. The number of hydrogen-bond donors (Lipinski definition) is 1. The van der Waals surface area contributed by atoms with Crippen LogP contribution in [0.1, 0.15) is 44.9 Å². The van der Waals surface area contributed by atoms with Gasteiger partial charge in [-0.1, -0.05) is 19.3 Å². The van der Waals surface area contributed by atoms with Gasteiger partial charge < -0.3 is 5.73 Å². The van der Waals surface area contributed by atoms with Gasteiger partial charge in [-0.15, -0.1) is 0 Å². The van der Waals surface area contributed by atoms with E-state index in [0.717, 1.165) is 38.5 Å². The lowest BCUT2D eigenvalue weighted by molar-refractivity contribution is 0.151. The molecule has 2 rings (SSSR count). The number of likely N-dealkylation sites (N-methyl/N-ethyl adjacent to an activating group) is 1. The van der Waals surface area contributed by atoms with E-state index in [2.05, 4.69) is 0 Å². The van der Waals surface area contributed by atoms with Crippen molar-refractivity contribution >= 4 is 10.2 Å². The minimum Gasteiger partial charge on any atom is -0.329 e. The first kappa shape index (κ1) is 14.2. The van der Waals surface area contributed by atoms with Crippen molar-refractivity contribution in [3.63, 3.8) is 0 Å². The van der Waals surface area contributed by atoms with E-state index in [4.69, 9.17) is 5.73 Å². The molecule has 1 aliphatic carbocycles. The largest absolute Gasteiger partial charge is 0.329 e. The normalized spacial score (nSPS) is 25.7. The van der Waals surface area contributed by atoms with Crippen molar-refractivity contribution in [1.82, 2.24) is 8.61 Å². The summed E-state index contributed by atoms with van der Waals surface area (Å²) in [6.45, 7) is 1.75. The first-order valence-electron chi connectivity index (χ1n) is 6.97. The average Bonchev–Trinajstić information content (AvgIpc) is 2.93. The molecular weight excluding hydrogens is 250 g/mol. The predicted octanol–water partition coefficient (Wildman–Crippen LogP) is 0.920. The van der Waals surface area contributed by atoms with Crippen LogP contribution in [0.25, 0.3) is 0 Å². The Morgan fingerprint density at radius 1 is 1.11 bits per heavy atom. The van der Waals surface area contributed by atoms with E-state index in [1.807, 2.05) is 0 Å². The quantitative estimate of drug-likeness (QED) is 0.829. The number of hydrogen-bond acceptors (Lipinski definition) is 3. The Labute approximate surface area is 110 Å². The highest BCUT2D eigenvalue weighted by Gasteiger charge is 2.43. The Kier molecular flexibility index (Phi) is 4.31. The van der Waals surface area contributed by atoms with Crippen molar-refractivity contribution in [2.45, 2.75) is 50.5 Å². The lowest BCUT2D eigenvalue weighted by atomic mass is 9.82. The van der Waals surface area contributed by atoms with E-state index in [1.165, 1.54) is 6.42 Å². The molecule has 106 valence electrons. The molecule has 18 heavy (non-hydrogen) atoms. The molecular formula is C12H25N3O2S. The highest BCUT2D eigenvalue weighted by Crippen LogP contribution is 2.35. The molecule has 0 radical (unpaired) electrons. The van der Waals surface area contributed by atoms with Crippen LogP contribution in [0.4, 0.5) is 0 Å². The molecule has 1 aliphatic heterocycles. The van der Waals surface area contributed by atoms with Gasteiger partial charge in [-0.2, -0.15) is 17.0 Å². The number of rotatable bonds is 4. The van der Waals surface area contributed by atoms with Crippen molar-refractivity contribution in [2.24, 2.45) is 5.73 Å². The fourth-order valence-electron chi connectivity index (χ4n) is 3.19. The summed E-state index contributed by atoms with van der Waals surface area (Å²) in [6.07, 6.45) is 7.10. The van der Waals surface area contributed by atoms with E-state index in [0.29, 0.717) is 19.6 Å². The third-order valence-electron chi connectivity index (χ3n) is 4.57. The van der Waals surface area contributed by atoms with Crippen molar-refractivity contribution < 1.29 is 8.42 Å². The highest BCUT2D eigenvalue weighted by molar-refractivity contribution is 7.86. The molecule has 5 nitrogen and oxygen atoms in total. The first-order valence-corrected chi connectivity index (χ1v) is 8.37. The summed E-state index contributed by atoms with van der Waals surface area (Å²) >= 11 is 0. The van der Waals surface area contributed by atoms with E-state index in [1.54, 1.807) is 15.7 Å². The first-order chi connectivity index (χ1) is 8.53. The summed E-state index contributed by atoms with van der Waals surface area (Å²) in [4.78, 5) is 0. The third kappa shape index (κ3) is 2.43. The van der Waals surface area contributed by atoms with E-state index in [9.17, 15) is 8.42 Å². The van der Waals surface area contributed by atoms with Crippen LogP contribution >= 0.6 is 0 Å². The molecule has 0 aromatic carbocycles. The van der Waals surface area contributed by atoms with Crippen molar-refractivity contribution in [3.05, 3.63) is 0 Å². The van der Waals surface area contributed by atoms with Gasteiger partial charge in [0.2, 0.25) is 0 Å². The molecule has 6 heteroatoms. The summed E-state index contributed by atoms with van der Waals surface area (Å²) in [5.41, 5.74) is 5.56. The maximum atomic E-state index is 12.6. The molecule has 0 aromatic heterocycles. The monoisotopic (exact) mass is 275 g/mol. The van der Waals surface area contributed by atoms with Crippen LogP contribution in [-0.2, 0) is 10.2 Å². The second kappa shape index (κ2) is 5.45. The van der Waals surface area contributed by atoms with Crippen LogP contribution in [0.15, 0.2) is 0 Å². The standard InChI is InChI=1S/C12H25N3O2S/c1-14(12(11-13)7-3-2-4-8-12)18(16,17)15-9-5-6-10-15/h2-11,13H2,1H3. The summed E-state index contributed by atoms with van der Waals surface area (Å²) in [5.74, 6) is 0. The SMILES string of the molecule is CN(C1(CN)CCCCC1)S(=O)(=O)N1CCCC1. The van der Waals surface area contributed by atoms with Gasteiger partial charge >= 0.3 is 0 Å². The minimum atomic E-state index is -3.32. The van der Waals surface area contributed by atoms with Gasteiger partial charge in [0, 0.05) is 32.2 Å². The Hall–Kier alpha value is -0.170. The van der Waals surface area contributed by atoms with Crippen LogP contribution in [0.5, 0.6) is 0 Å². The average molecular weight is 275 g/mol. The zero-order valence-electron chi connectivity index (χ0n) is 11.3. The van der Waals surface area contributed by atoms with E-state index in [-0.39, 0.29) is 5.54 Å². The van der Waals surface area contributed by atoms with Crippen LogP contribution < -0.4 is 5.73 Å². The number of nitrogens with two attached hydrogens (primary N) is 1. The molecule has 0 aromatic rings. The summed E-state index contributed by atoms with van der Waals surface area (Å²) in [6, 6.07) is 0. The maximum absolute atomic E-state index is 12.6. The third-order valence-corrected chi connectivity index (χ3v) is 6.67. The molecule has 0 amide bonds. The summed E-state index contributed by atoms with van der Waals surface area (Å²) in [5, 5.41) is 0. The second-order valence-electron chi connectivity index (χ2n) is 5.57.